The molecule has 0 fully saturated rings. The fourth-order valence-corrected chi connectivity index (χ4v) is 3.65. The van der Waals surface area contributed by atoms with E-state index in [4.69, 9.17) is 8.83 Å². The third-order valence-corrected chi connectivity index (χ3v) is 5.49. The van der Waals surface area contributed by atoms with Crippen molar-refractivity contribution >= 4 is 21.1 Å². The summed E-state index contributed by atoms with van der Waals surface area (Å²) in [5.74, 6) is -0.138. The monoisotopic (exact) mass is 385 g/mol. The summed E-state index contributed by atoms with van der Waals surface area (Å²) < 4.78 is 39.2. The molecule has 4 rings (SSSR count). The van der Waals surface area contributed by atoms with Gasteiger partial charge in [0.25, 0.3) is 0 Å². The number of hydrogen-bond donors (Lipinski definition) is 1. The Labute approximate surface area is 154 Å². The van der Waals surface area contributed by atoms with E-state index in [0.717, 1.165) is 5.56 Å². The zero-order chi connectivity index (χ0) is 19.0. The average Bonchev–Trinajstić information content (AvgIpc) is 3.26. The minimum Gasteiger partial charge on any atom is -0.444 e. The van der Waals surface area contributed by atoms with Gasteiger partial charge in [-0.25, -0.2) is 22.9 Å². The quantitative estimate of drug-likeness (QED) is 0.565. The molecule has 0 aliphatic heterocycles. The summed E-state index contributed by atoms with van der Waals surface area (Å²) >= 11 is 0. The van der Waals surface area contributed by atoms with Crippen molar-refractivity contribution in [2.75, 3.05) is 0 Å². The Morgan fingerprint density at radius 1 is 1.15 bits per heavy atom. The van der Waals surface area contributed by atoms with E-state index < -0.39 is 15.8 Å². The van der Waals surface area contributed by atoms with Crippen LogP contribution in [0.5, 0.6) is 0 Å². The lowest BCUT2D eigenvalue weighted by molar-refractivity contribution is 0.527. The summed E-state index contributed by atoms with van der Waals surface area (Å²) in [6.45, 7) is -0.0323. The van der Waals surface area contributed by atoms with Crippen LogP contribution < -0.4 is 10.5 Å². The summed E-state index contributed by atoms with van der Waals surface area (Å²) in [5.41, 5.74) is 1.97. The minimum atomic E-state index is -3.81. The molecule has 0 saturated carbocycles. The van der Waals surface area contributed by atoms with Crippen molar-refractivity contribution in [1.29, 1.82) is 0 Å². The van der Waals surface area contributed by atoms with Crippen LogP contribution >= 0.6 is 0 Å². The number of fused-ring (bicyclic) bond motifs is 1. The number of aromatic nitrogens is 2. The topological polar surface area (TPSA) is 107 Å². The second-order valence-corrected chi connectivity index (χ2v) is 7.66. The van der Waals surface area contributed by atoms with Gasteiger partial charge in [0.1, 0.15) is 6.26 Å². The van der Waals surface area contributed by atoms with Crippen molar-refractivity contribution in [2.24, 2.45) is 7.05 Å². The van der Waals surface area contributed by atoms with Crippen LogP contribution in [-0.2, 0) is 23.6 Å². The Balaban J connectivity index is 1.54. The van der Waals surface area contributed by atoms with Crippen molar-refractivity contribution in [3.05, 3.63) is 71.0 Å². The molecule has 2 aromatic heterocycles. The van der Waals surface area contributed by atoms with Crippen LogP contribution in [-0.4, -0.2) is 18.0 Å². The molecule has 1 N–H and O–H groups in total. The van der Waals surface area contributed by atoms with E-state index in [1.54, 1.807) is 7.05 Å². The Morgan fingerprint density at radius 2 is 1.93 bits per heavy atom. The predicted molar refractivity (Wildman–Crippen MR) is 97.4 cm³/mol. The SMILES string of the molecule is Cn1c(=O)oc2cc(S(=O)(=O)NCc3coc(-c4ccccc4)n3)ccc21. The lowest BCUT2D eigenvalue weighted by Gasteiger charge is -2.05. The maximum absolute atomic E-state index is 12.5. The van der Waals surface area contributed by atoms with Gasteiger partial charge in [-0.15, -0.1) is 0 Å². The van der Waals surface area contributed by atoms with Gasteiger partial charge in [0, 0.05) is 18.7 Å². The Kier molecular flexibility index (Phi) is 4.17. The molecule has 138 valence electrons. The minimum absolute atomic E-state index is 0.00359. The van der Waals surface area contributed by atoms with E-state index in [9.17, 15) is 13.2 Å². The van der Waals surface area contributed by atoms with Crippen molar-refractivity contribution in [1.82, 2.24) is 14.3 Å². The van der Waals surface area contributed by atoms with E-state index in [1.165, 1.54) is 29.0 Å². The van der Waals surface area contributed by atoms with Crippen LogP contribution in [0.4, 0.5) is 0 Å². The summed E-state index contributed by atoms with van der Waals surface area (Å²) in [4.78, 5) is 15.8. The van der Waals surface area contributed by atoms with Crippen molar-refractivity contribution in [3.63, 3.8) is 0 Å². The normalized spacial score (nSPS) is 11.9. The van der Waals surface area contributed by atoms with Crippen molar-refractivity contribution in [3.8, 4) is 11.5 Å². The number of nitrogens with one attached hydrogen (secondary N) is 1. The lowest BCUT2D eigenvalue weighted by atomic mass is 10.2. The summed E-state index contributed by atoms with van der Waals surface area (Å²) in [6.07, 6.45) is 1.41. The molecule has 0 radical (unpaired) electrons. The second-order valence-electron chi connectivity index (χ2n) is 5.89. The van der Waals surface area contributed by atoms with Gasteiger partial charge in [-0.2, -0.15) is 0 Å². The first-order chi connectivity index (χ1) is 12.9. The first-order valence-electron chi connectivity index (χ1n) is 8.03. The van der Waals surface area contributed by atoms with Gasteiger partial charge in [0.15, 0.2) is 5.58 Å². The Hall–Kier alpha value is -3.17. The van der Waals surface area contributed by atoms with Crippen LogP contribution in [0.1, 0.15) is 5.69 Å². The highest BCUT2D eigenvalue weighted by atomic mass is 32.2. The number of hydrogen-bond acceptors (Lipinski definition) is 6. The third-order valence-electron chi connectivity index (χ3n) is 4.09. The highest BCUT2D eigenvalue weighted by Gasteiger charge is 2.17. The molecular weight excluding hydrogens is 370 g/mol. The smallest absolute Gasteiger partial charge is 0.419 e. The molecule has 0 saturated heterocycles. The molecule has 0 aliphatic carbocycles. The zero-order valence-corrected chi connectivity index (χ0v) is 15.1. The first kappa shape index (κ1) is 17.3. The number of oxazole rings is 2. The fourth-order valence-electron chi connectivity index (χ4n) is 2.64. The largest absolute Gasteiger partial charge is 0.444 e. The summed E-state index contributed by atoms with van der Waals surface area (Å²) in [5, 5.41) is 0. The molecule has 9 heteroatoms. The van der Waals surface area contributed by atoms with Gasteiger partial charge in [-0.05, 0) is 24.3 Å². The van der Waals surface area contributed by atoms with E-state index in [-0.39, 0.29) is 17.0 Å². The van der Waals surface area contributed by atoms with Crippen molar-refractivity contribution in [2.45, 2.75) is 11.4 Å². The van der Waals surface area contributed by atoms with E-state index >= 15 is 0 Å². The molecule has 27 heavy (non-hydrogen) atoms. The van der Waals surface area contributed by atoms with Crippen LogP contribution in [0.25, 0.3) is 22.6 Å². The Bertz CT molecular complexity index is 1270. The first-order valence-corrected chi connectivity index (χ1v) is 9.51. The van der Waals surface area contributed by atoms with Crippen LogP contribution in [0, 0.1) is 0 Å². The second kappa shape index (κ2) is 6.53. The average molecular weight is 385 g/mol. The van der Waals surface area contributed by atoms with Gasteiger partial charge in [-0.3, -0.25) is 4.57 Å². The fraction of sp³-hybridized carbons (Fsp3) is 0.111. The molecule has 0 amide bonds. The van der Waals surface area contributed by atoms with Gasteiger partial charge in [-0.1, -0.05) is 18.2 Å². The van der Waals surface area contributed by atoms with Gasteiger partial charge < -0.3 is 8.83 Å². The molecule has 4 aromatic rings. The number of sulfonamides is 1. The molecule has 2 aromatic carbocycles. The molecule has 0 unspecified atom stereocenters. The molecule has 0 bridgehead atoms. The van der Waals surface area contributed by atoms with E-state index in [0.29, 0.717) is 17.1 Å². The summed E-state index contributed by atoms with van der Waals surface area (Å²) in [7, 11) is -2.26. The van der Waals surface area contributed by atoms with Crippen LogP contribution in [0.3, 0.4) is 0 Å². The van der Waals surface area contributed by atoms with E-state index in [1.807, 2.05) is 30.3 Å². The van der Waals surface area contributed by atoms with Crippen LogP contribution in [0.15, 0.2) is 73.3 Å². The number of nitrogens with zero attached hydrogens (tertiary/aromatic N) is 2. The number of benzene rings is 2. The van der Waals surface area contributed by atoms with Crippen molar-refractivity contribution < 1.29 is 17.3 Å². The maximum atomic E-state index is 12.5. The maximum Gasteiger partial charge on any atom is 0.419 e. The standard InChI is InChI=1S/C18H15N3O5S/c1-21-15-8-7-14(9-16(15)26-18(21)22)27(23,24)19-10-13-11-25-17(20-13)12-5-3-2-4-6-12/h2-9,11,19H,10H2,1H3. The van der Waals surface area contributed by atoms with Gasteiger partial charge >= 0.3 is 5.76 Å². The molecule has 2 heterocycles. The van der Waals surface area contributed by atoms with Crippen LogP contribution in [0.2, 0.25) is 0 Å². The Morgan fingerprint density at radius 3 is 2.70 bits per heavy atom. The van der Waals surface area contributed by atoms with Gasteiger partial charge in [0.2, 0.25) is 15.9 Å². The molecule has 0 atom stereocenters. The van der Waals surface area contributed by atoms with E-state index in [2.05, 4.69) is 9.71 Å². The zero-order valence-electron chi connectivity index (χ0n) is 14.2. The molecular formula is C18H15N3O5S. The molecule has 0 spiro atoms. The number of aryl methyl sites for hydroxylation is 1. The lowest BCUT2D eigenvalue weighted by Crippen LogP contribution is -2.23. The third kappa shape index (κ3) is 3.29. The highest BCUT2D eigenvalue weighted by Crippen LogP contribution is 2.20. The highest BCUT2D eigenvalue weighted by molar-refractivity contribution is 7.89. The number of rotatable bonds is 5. The summed E-state index contributed by atoms with van der Waals surface area (Å²) in [6, 6.07) is 13.6. The molecule has 8 nitrogen and oxygen atoms in total. The predicted octanol–water partition coefficient (Wildman–Crippen LogP) is 2.27. The van der Waals surface area contributed by atoms with Gasteiger partial charge in [0.05, 0.1) is 22.7 Å². The molecule has 0 aliphatic rings.